The molecule has 1 heterocycles. The third-order valence-corrected chi connectivity index (χ3v) is 3.35. The summed E-state index contributed by atoms with van der Waals surface area (Å²) in [7, 11) is 3.59. The van der Waals surface area contributed by atoms with Crippen LogP contribution in [0.3, 0.4) is 0 Å². The predicted molar refractivity (Wildman–Crippen MR) is 78.9 cm³/mol. The fraction of sp³-hybridized carbons (Fsp3) is 0.467. The maximum Gasteiger partial charge on any atom is 0.122 e. The fourth-order valence-electron chi connectivity index (χ4n) is 2.31. The molecule has 1 unspecified atom stereocenters. The molecule has 1 aromatic heterocycles. The molecule has 2 rings (SSSR count). The summed E-state index contributed by atoms with van der Waals surface area (Å²) in [4.78, 5) is 0. The van der Waals surface area contributed by atoms with Crippen LogP contribution < -0.4 is 10.1 Å². The second-order valence-electron chi connectivity index (χ2n) is 4.93. The SMILES string of the molecule is CCNC(Cc1cn(C)nn1)c1ccc(C)c(OC)c1. The van der Waals surface area contributed by atoms with Gasteiger partial charge in [-0.3, -0.25) is 4.68 Å². The van der Waals surface area contributed by atoms with Crippen LogP contribution in [0, 0.1) is 6.92 Å². The molecule has 1 aromatic carbocycles. The van der Waals surface area contributed by atoms with E-state index in [1.807, 2.05) is 20.2 Å². The van der Waals surface area contributed by atoms with Gasteiger partial charge in [-0.1, -0.05) is 24.3 Å². The molecule has 5 heteroatoms. The Bertz CT molecular complexity index is 565. The van der Waals surface area contributed by atoms with Crippen LogP contribution in [-0.4, -0.2) is 28.6 Å². The number of likely N-dealkylation sites (N-methyl/N-ethyl adjacent to an activating group) is 1. The average Bonchev–Trinajstić information content (AvgIpc) is 2.84. The number of aryl methyl sites for hydroxylation is 2. The lowest BCUT2D eigenvalue weighted by molar-refractivity contribution is 0.409. The average molecular weight is 274 g/mol. The van der Waals surface area contributed by atoms with E-state index in [2.05, 4.69) is 40.8 Å². The van der Waals surface area contributed by atoms with Gasteiger partial charge in [-0.25, -0.2) is 0 Å². The fourth-order valence-corrected chi connectivity index (χ4v) is 2.31. The Kier molecular flexibility index (Phi) is 4.74. The number of benzene rings is 1. The zero-order chi connectivity index (χ0) is 14.5. The number of hydrogen-bond donors (Lipinski definition) is 1. The minimum absolute atomic E-state index is 0.214. The van der Waals surface area contributed by atoms with Crippen LogP contribution in [0.4, 0.5) is 0 Å². The molecule has 0 saturated carbocycles. The van der Waals surface area contributed by atoms with Crippen LogP contribution in [0.2, 0.25) is 0 Å². The topological polar surface area (TPSA) is 52.0 Å². The van der Waals surface area contributed by atoms with E-state index in [1.54, 1.807) is 11.8 Å². The second-order valence-corrected chi connectivity index (χ2v) is 4.93. The Morgan fingerprint density at radius 2 is 2.20 bits per heavy atom. The normalized spacial score (nSPS) is 12.4. The largest absolute Gasteiger partial charge is 0.496 e. The van der Waals surface area contributed by atoms with Gasteiger partial charge >= 0.3 is 0 Å². The van der Waals surface area contributed by atoms with E-state index >= 15 is 0 Å². The lowest BCUT2D eigenvalue weighted by Gasteiger charge is -2.18. The van der Waals surface area contributed by atoms with Gasteiger partial charge in [0, 0.05) is 25.7 Å². The third-order valence-electron chi connectivity index (χ3n) is 3.35. The molecule has 0 fully saturated rings. The minimum atomic E-state index is 0.214. The summed E-state index contributed by atoms with van der Waals surface area (Å²) in [6.07, 6.45) is 2.77. The molecule has 0 radical (unpaired) electrons. The standard InChI is InChI=1S/C15H22N4O/c1-5-16-14(9-13-10-19(3)18-17-13)12-7-6-11(2)15(8-12)20-4/h6-8,10,14,16H,5,9H2,1-4H3. The summed E-state index contributed by atoms with van der Waals surface area (Å²) in [5, 5.41) is 11.6. The van der Waals surface area contributed by atoms with E-state index in [4.69, 9.17) is 4.74 Å². The number of nitrogens with zero attached hydrogens (tertiary/aromatic N) is 3. The van der Waals surface area contributed by atoms with Crippen LogP contribution in [0.15, 0.2) is 24.4 Å². The highest BCUT2D eigenvalue weighted by Gasteiger charge is 2.14. The van der Waals surface area contributed by atoms with Crippen molar-refractivity contribution in [2.24, 2.45) is 7.05 Å². The van der Waals surface area contributed by atoms with Gasteiger partial charge in [-0.2, -0.15) is 0 Å². The highest BCUT2D eigenvalue weighted by molar-refractivity contribution is 5.38. The van der Waals surface area contributed by atoms with Crippen LogP contribution in [0.25, 0.3) is 0 Å². The van der Waals surface area contributed by atoms with E-state index in [0.717, 1.165) is 30.0 Å². The Hall–Kier alpha value is -1.88. The molecule has 1 N–H and O–H groups in total. The van der Waals surface area contributed by atoms with Gasteiger partial charge < -0.3 is 10.1 Å². The van der Waals surface area contributed by atoms with Crippen molar-refractivity contribution >= 4 is 0 Å². The van der Waals surface area contributed by atoms with Gasteiger partial charge in [0.25, 0.3) is 0 Å². The van der Waals surface area contributed by atoms with E-state index in [1.165, 1.54) is 5.56 Å². The molecule has 0 amide bonds. The number of nitrogens with one attached hydrogen (secondary N) is 1. The van der Waals surface area contributed by atoms with Gasteiger partial charge in [-0.05, 0) is 30.7 Å². The van der Waals surface area contributed by atoms with E-state index in [9.17, 15) is 0 Å². The first kappa shape index (κ1) is 14.5. The van der Waals surface area contributed by atoms with Crippen LogP contribution in [0.5, 0.6) is 5.75 Å². The monoisotopic (exact) mass is 274 g/mol. The Morgan fingerprint density at radius 1 is 1.40 bits per heavy atom. The van der Waals surface area contributed by atoms with Crippen molar-refractivity contribution in [1.29, 1.82) is 0 Å². The first-order valence-corrected chi connectivity index (χ1v) is 6.87. The zero-order valence-electron chi connectivity index (χ0n) is 12.6. The third kappa shape index (κ3) is 3.36. The van der Waals surface area contributed by atoms with Crippen LogP contribution in [0.1, 0.15) is 29.8 Å². The first-order chi connectivity index (χ1) is 9.63. The Balaban J connectivity index is 2.23. The molecular weight excluding hydrogens is 252 g/mol. The highest BCUT2D eigenvalue weighted by Crippen LogP contribution is 2.25. The molecule has 5 nitrogen and oxygen atoms in total. The van der Waals surface area contributed by atoms with Crippen molar-refractivity contribution in [3.8, 4) is 5.75 Å². The summed E-state index contributed by atoms with van der Waals surface area (Å²) in [6, 6.07) is 6.54. The summed E-state index contributed by atoms with van der Waals surface area (Å²) >= 11 is 0. The number of aromatic nitrogens is 3. The molecule has 108 valence electrons. The zero-order valence-corrected chi connectivity index (χ0v) is 12.6. The number of ether oxygens (including phenoxy) is 1. The first-order valence-electron chi connectivity index (χ1n) is 6.87. The minimum Gasteiger partial charge on any atom is -0.496 e. The van der Waals surface area contributed by atoms with E-state index < -0.39 is 0 Å². The molecule has 0 aliphatic carbocycles. The number of hydrogen-bond acceptors (Lipinski definition) is 4. The van der Waals surface area contributed by atoms with Crippen molar-refractivity contribution < 1.29 is 4.74 Å². The summed E-state index contributed by atoms with van der Waals surface area (Å²) in [5.41, 5.74) is 3.34. The lowest BCUT2D eigenvalue weighted by atomic mass is 10.0. The quantitative estimate of drug-likeness (QED) is 0.875. The maximum atomic E-state index is 5.41. The van der Waals surface area contributed by atoms with E-state index in [0.29, 0.717) is 0 Å². The molecule has 0 spiro atoms. The number of rotatable bonds is 6. The van der Waals surface area contributed by atoms with Gasteiger partial charge in [0.1, 0.15) is 5.75 Å². The molecule has 1 atom stereocenters. The highest BCUT2D eigenvalue weighted by atomic mass is 16.5. The molecule has 0 bridgehead atoms. The van der Waals surface area contributed by atoms with Crippen molar-refractivity contribution in [1.82, 2.24) is 20.3 Å². The molecule has 20 heavy (non-hydrogen) atoms. The van der Waals surface area contributed by atoms with Gasteiger partial charge in [0.05, 0.1) is 12.8 Å². The second kappa shape index (κ2) is 6.52. The van der Waals surface area contributed by atoms with Gasteiger partial charge in [-0.15, -0.1) is 5.10 Å². The smallest absolute Gasteiger partial charge is 0.122 e. The lowest BCUT2D eigenvalue weighted by Crippen LogP contribution is -2.23. The van der Waals surface area contributed by atoms with Crippen LogP contribution >= 0.6 is 0 Å². The van der Waals surface area contributed by atoms with Gasteiger partial charge in [0.2, 0.25) is 0 Å². The summed E-state index contributed by atoms with van der Waals surface area (Å²) in [5.74, 6) is 0.921. The van der Waals surface area contributed by atoms with Crippen molar-refractivity contribution in [2.45, 2.75) is 26.3 Å². The van der Waals surface area contributed by atoms with Crippen molar-refractivity contribution in [2.75, 3.05) is 13.7 Å². The maximum absolute atomic E-state index is 5.41. The van der Waals surface area contributed by atoms with Crippen molar-refractivity contribution in [3.05, 3.63) is 41.2 Å². The summed E-state index contributed by atoms with van der Waals surface area (Å²) in [6.45, 7) is 5.06. The molecule has 2 aromatic rings. The molecule has 0 aliphatic rings. The number of methoxy groups -OCH3 is 1. The molecular formula is C15H22N4O. The van der Waals surface area contributed by atoms with Gasteiger partial charge in [0.15, 0.2) is 0 Å². The van der Waals surface area contributed by atoms with E-state index in [-0.39, 0.29) is 6.04 Å². The Labute approximate surface area is 120 Å². The Morgan fingerprint density at radius 3 is 2.80 bits per heavy atom. The molecule has 0 saturated heterocycles. The summed E-state index contributed by atoms with van der Waals surface area (Å²) < 4.78 is 7.14. The predicted octanol–water partition coefficient (Wildman–Crippen LogP) is 2.03. The van der Waals surface area contributed by atoms with Crippen molar-refractivity contribution in [3.63, 3.8) is 0 Å². The molecule has 0 aliphatic heterocycles. The van der Waals surface area contributed by atoms with Crippen LogP contribution in [-0.2, 0) is 13.5 Å².